The molecule has 1 aromatic heterocycles. The highest BCUT2D eigenvalue weighted by Gasteiger charge is 2.26. The van der Waals surface area contributed by atoms with Gasteiger partial charge in [-0.25, -0.2) is 0 Å². The van der Waals surface area contributed by atoms with E-state index in [0.717, 1.165) is 19.6 Å². The van der Waals surface area contributed by atoms with Crippen LogP contribution < -0.4 is 10.1 Å². The molecule has 106 valence electrons. The third-order valence-corrected chi connectivity index (χ3v) is 3.71. The van der Waals surface area contributed by atoms with E-state index >= 15 is 0 Å². The Morgan fingerprint density at radius 2 is 2.21 bits per heavy atom. The number of aromatic nitrogens is 1. The second kappa shape index (κ2) is 6.84. The summed E-state index contributed by atoms with van der Waals surface area (Å²) in [6, 6.07) is 3.60. The first-order valence-corrected chi connectivity index (χ1v) is 6.83. The molecular weight excluding hydrogens is 242 g/mol. The maximum Gasteiger partial charge on any atom is 0.143 e. The van der Waals surface area contributed by atoms with E-state index in [1.54, 1.807) is 13.3 Å². The summed E-state index contributed by atoms with van der Waals surface area (Å²) in [5, 5.41) is 13.7. The average Bonchev–Trinajstić information content (AvgIpc) is 2.97. The Bertz CT molecular complexity index is 394. The van der Waals surface area contributed by atoms with E-state index in [9.17, 15) is 5.11 Å². The molecule has 1 aliphatic rings. The summed E-state index contributed by atoms with van der Waals surface area (Å²) in [6.07, 6.45) is 3.52. The van der Waals surface area contributed by atoms with Crippen LogP contribution >= 0.6 is 0 Å². The van der Waals surface area contributed by atoms with Crippen molar-refractivity contribution < 1.29 is 9.84 Å². The van der Waals surface area contributed by atoms with Crippen molar-refractivity contribution in [2.45, 2.75) is 25.0 Å². The quantitative estimate of drug-likeness (QED) is 0.797. The molecule has 0 aromatic carbocycles. The molecule has 1 aromatic rings. The highest BCUT2D eigenvalue weighted by Crippen LogP contribution is 2.25. The van der Waals surface area contributed by atoms with E-state index in [2.05, 4.69) is 15.2 Å². The lowest BCUT2D eigenvalue weighted by molar-refractivity contribution is 0.104. The molecule has 0 spiro atoms. The zero-order chi connectivity index (χ0) is 13.7. The zero-order valence-corrected chi connectivity index (χ0v) is 11.7. The highest BCUT2D eigenvalue weighted by atomic mass is 16.5. The van der Waals surface area contributed by atoms with Crippen molar-refractivity contribution in [2.24, 2.45) is 0 Å². The van der Waals surface area contributed by atoms with Crippen molar-refractivity contribution in [3.05, 3.63) is 24.0 Å². The van der Waals surface area contributed by atoms with Crippen LogP contribution in [-0.2, 0) is 0 Å². The van der Waals surface area contributed by atoms with E-state index in [0.29, 0.717) is 11.4 Å². The molecule has 5 nitrogen and oxygen atoms in total. The number of methoxy groups -OCH3 is 1. The fourth-order valence-electron chi connectivity index (χ4n) is 2.58. The molecule has 19 heavy (non-hydrogen) atoms. The van der Waals surface area contributed by atoms with Gasteiger partial charge in [-0.15, -0.1) is 0 Å². The molecular formula is C14H23N3O2. The minimum absolute atomic E-state index is 0.0399. The van der Waals surface area contributed by atoms with Gasteiger partial charge >= 0.3 is 0 Å². The lowest BCUT2D eigenvalue weighted by atomic mass is 10.1. The van der Waals surface area contributed by atoms with Gasteiger partial charge in [0, 0.05) is 12.7 Å². The Kier molecular flexibility index (Phi) is 5.13. The molecule has 1 aliphatic heterocycles. The van der Waals surface area contributed by atoms with E-state index in [4.69, 9.17) is 4.74 Å². The average molecular weight is 265 g/mol. The number of ether oxygens (including phenoxy) is 1. The SMILES string of the molecule is CNC(CN1CCCC1)C(O)c1ncccc1OC. The predicted molar refractivity (Wildman–Crippen MR) is 74.3 cm³/mol. The minimum Gasteiger partial charge on any atom is -0.495 e. The molecule has 0 radical (unpaired) electrons. The molecule has 2 atom stereocenters. The second-order valence-corrected chi connectivity index (χ2v) is 4.94. The van der Waals surface area contributed by atoms with Crippen molar-refractivity contribution >= 4 is 0 Å². The van der Waals surface area contributed by atoms with Gasteiger partial charge in [0.15, 0.2) is 0 Å². The van der Waals surface area contributed by atoms with Crippen molar-refractivity contribution in [2.75, 3.05) is 33.8 Å². The molecule has 2 heterocycles. The maximum absolute atomic E-state index is 10.5. The fraction of sp³-hybridized carbons (Fsp3) is 0.643. The number of hydrogen-bond acceptors (Lipinski definition) is 5. The van der Waals surface area contributed by atoms with Crippen LogP contribution in [0.3, 0.4) is 0 Å². The Morgan fingerprint density at radius 1 is 1.47 bits per heavy atom. The summed E-state index contributed by atoms with van der Waals surface area (Å²) in [5.74, 6) is 0.636. The third kappa shape index (κ3) is 3.43. The topological polar surface area (TPSA) is 57.6 Å². The molecule has 0 bridgehead atoms. The number of rotatable bonds is 6. The van der Waals surface area contributed by atoms with Crippen LogP contribution in [0.15, 0.2) is 18.3 Å². The fourth-order valence-corrected chi connectivity index (χ4v) is 2.58. The summed E-state index contributed by atoms with van der Waals surface area (Å²) >= 11 is 0. The monoisotopic (exact) mass is 265 g/mol. The van der Waals surface area contributed by atoms with Gasteiger partial charge in [-0.05, 0) is 45.1 Å². The number of pyridine rings is 1. The lowest BCUT2D eigenvalue weighted by Gasteiger charge is -2.27. The van der Waals surface area contributed by atoms with Crippen LogP contribution in [0, 0.1) is 0 Å². The molecule has 0 amide bonds. The Morgan fingerprint density at radius 3 is 2.84 bits per heavy atom. The van der Waals surface area contributed by atoms with Crippen LogP contribution in [0.1, 0.15) is 24.6 Å². The van der Waals surface area contributed by atoms with Crippen LogP contribution in [0.25, 0.3) is 0 Å². The first-order valence-electron chi connectivity index (χ1n) is 6.83. The first-order chi connectivity index (χ1) is 9.26. The summed E-state index contributed by atoms with van der Waals surface area (Å²) in [6.45, 7) is 3.06. The number of aliphatic hydroxyl groups excluding tert-OH is 1. The molecule has 2 N–H and O–H groups in total. The molecule has 0 aliphatic carbocycles. The molecule has 2 unspecified atom stereocenters. The molecule has 1 fully saturated rings. The summed E-state index contributed by atoms with van der Waals surface area (Å²) in [7, 11) is 3.47. The van der Waals surface area contributed by atoms with Crippen LogP contribution in [0.2, 0.25) is 0 Å². The first kappa shape index (κ1) is 14.2. The highest BCUT2D eigenvalue weighted by molar-refractivity contribution is 5.29. The molecule has 0 saturated carbocycles. The van der Waals surface area contributed by atoms with E-state index in [1.165, 1.54) is 12.8 Å². The van der Waals surface area contributed by atoms with Gasteiger partial charge in [0.05, 0.1) is 13.2 Å². The van der Waals surface area contributed by atoms with E-state index < -0.39 is 6.10 Å². The number of nitrogens with zero attached hydrogens (tertiary/aromatic N) is 2. The number of nitrogens with one attached hydrogen (secondary N) is 1. The zero-order valence-electron chi connectivity index (χ0n) is 11.7. The Labute approximate surface area is 114 Å². The van der Waals surface area contributed by atoms with Gasteiger partial charge in [0.1, 0.15) is 17.5 Å². The van der Waals surface area contributed by atoms with Crippen LogP contribution in [-0.4, -0.2) is 54.8 Å². The minimum atomic E-state index is -0.665. The van der Waals surface area contributed by atoms with Gasteiger partial charge in [-0.2, -0.15) is 0 Å². The Hall–Kier alpha value is -1.17. The number of aliphatic hydroxyl groups is 1. The van der Waals surface area contributed by atoms with Gasteiger partial charge in [-0.1, -0.05) is 0 Å². The number of hydrogen-bond donors (Lipinski definition) is 2. The summed E-state index contributed by atoms with van der Waals surface area (Å²) < 4.78 is 5.27. The van der Waals surface area contributed by atoms with Crippen molar-refractivity contribution in [3.8, 4) is 5.75 Å². The predicted octanol–water partition coefficient (Wildman–Crippen LogP) is 0.807. The standard InChI is InChI=1S/C14H23N3O2/c1-15-11(10-17-8-3-4-9-17)14(18)13-12(19-2)6-5-7-16-13/h5-7,11,14-15,18H,3-4,8-10H2,1-2H3. The van der Waals surface area contributed by atoms with Crippen LogP contribution in [0.4, 0.5) is 0 Å². The summed E-state index contributed by atoms with van der Waals surface area (Å²) in [5.41, 5.74) is 0.601. The lowest BCUT2D eigenvalue weighted by Crippen LogP contribution is -2.42. The molecule has 5 heteroatoms. The Balaban J connectivity index is 2.08. The summed E-state index contributed by atoms with van der Waals surface area (Å²) in [4.78, 5) is 6.63. The number of likely N-dealkylation sites (tertiary alicyclic amines) is 1. The smallest absolute Gasteiger partial charge is 0.143 e. The molecule has 1 saturated heterocycles. The van der Waals surface area contributed by atoms with Gasteiger partial charge in [0.2, 0.25) is 0 Å². The second-order valence-electron chi connectivity index (χ2n) is 4.94. The number of likely N-dealkylation sites (N-methyl/N-ethyl adjacent to an activating group) is 1. The van der Waals surface area contributed by atoms with Gasteiger partial charge in [0.25, 0.3) is 0 Å². The normalized spacial score (nSPS) is 19.3. The van der Waals surface area contributed by atoms with E-state index in [-0.39, 0.29) is 6.04 Å². The van der Waals surface area contributed by atoms with Crippen molar-refractivity contribution in [1.82, 2.24) is 15.2 Å². The molecule has 2 rings (SSSR count). The van der Waals surface area contributed by atoms with Crippen molar-refractivity contribution in [3.63, 3.8) is 0 Å². The van der Waals surface area contributed by atoms with Gasteiger partial charge in [-0.3, -0.25) is 4.98 Å². The maximum atomic E-state index is 10.5. The largest absolute Gasteiger partial charge is 0.495 e. The van der Waals surface area contributed by atoms with E-state index in [1.807, 2.05) is 19.2 Å². The third-order valence-electron chi connectivity index (χ3n) is 3.71. The van der Waals surface area contributed by atoms with Crippen molar-refractivity contribution in [1.29, 1.82) is 0 Å². The van der Waals surface area contributed by atoms with Gasteiger partial charge < -0.3 is 20.1 Å². The van der Waals surface area contributed by atoms with Crippen LogP contribution in [0.5, 0.6) is 5.75 Å².